The van der Waals surface area contributed by atoms with E-state index in [-0.39, 0.29) is 11.5 Å². The highest BCUT2D eigenvalue weighted by Gasteiger charge is 2.40. The summed E-state index contributed by atoms with van der Waals surface area (Å²) in [4.78, 5) is 32.3. The number of allylic oxidation sites excluding steroid dienone is 1. The fraction of sp³-hybridized carbons (Fsp3) is 0.475. The molecule has 2 bridgehead atoms. The second-order valence-electron chi connectivity index (χ2n) is 15.4. The van der Waals surface area contributed by atoms with Crippen LogP contribution in [0.5, 0.6) is 5.75 Å². The van der Waals surface area contributed by atoms with Gasteiger partial charge in [0.1, 0.15) is 5.75 Å². The summed E-state index contributed by atoms with van der Waals surface area (Å²) in [7, 11) is 1.89. The van der Waals surface area contributed by atoms with Crippen molar-refractivity contribution < 1.29 is 22.7 Å². The van der Waals surface area contributed by atoms with Crippen LogP contribution in [-0.2, 0) is 23.6 Å². The van der Waals surface area contributed by atoms with E-state index >= 15 is 0 Å². The smallest absolute Gasteiger partial charge is 0.264 e. The highest BCUT2D eigenvalue weighted by atomic mass is 32.2. The summed E-state index contributed by atoms with van der Waals surface area (Å²) >= 11 is 0. The number of nitrogens with zero attached hydrogens (tertiary/aromatic N) is 5. The summed E-state index contributed by atoms with van der Waals surface area (Å²) < 4.78 is 37.5. The number of likely N-dealkylation sites (N-methyl/N-ethyl adjacent to an activating group) is 1. The number of ether oxygens (including phenoxy) is 1. The molecule has 4 aliphatic rings. The van der Waals surface area contributed by atoms with Crippen LogP contribution in [0, 0.1) is 0 Å². The van der Waals surface area contributed by atoms with Crippen molar-refractivity contribution in [2.75, 3.05) is 27.2 Å². The van der Waals surface area contributed by atoms with E-state index in [9.17, 15) is 18.0 Å². The highest BCUT2D eigenvalue weighted by Crippen LogP contribution is 2.48. The molecule has 2 saturated heterocycles. The van der Waals surface area contributed by atoms with Gasteiger partial charge in [-0.05, 0) is 106 Å². The lowest BCUT2D eigenvalue weighted by Crippen LogP contribution is -2.53. The first-order valence-corrected chi connectivity index (χ1v) is 20.1. The predicted octanol–water partition coefficient (Wildman–Crippen LogP) is 6.04. The Kier molecular flexibility index (Phi) is 8.81. The van der Waals surface area contributed by atoms with Crippen LogP contribution in [0.2, 0.25) is 0 Å². The average molecular weight is 725 g/mol. The first-order valence-electron chi connectivity index (χ1n) is 18.6. The van der Waals surface area contributed by atoms with Crippen LogP contribution in [0.3, 0.4) is 0 Å². The third-order valence-corrected chi connectivity index (χ3v) is 13.7. The minimum atomic E-state index is -3.83. The van der Waals surface area contributed by atoms with Crippen molar-refractivity contribution in [3.63, 3.8) is 0 Å². The predicted molar refractivity (Wildman–Crippen MR) is 203 cm³/mol. The molecule has 2 aromatic carbocycles. The van der Waals surface area contributed by atoms with E-state index in [4.69, 9.17) is 4.74 Å². The first-order chi connectivity index (χ1) is 24.9. The molecular weight excluding hydrogens is 677 g/mol. The van der Waals surface area contributed by atoms with Crippen LogP contribution >= 0.6 is 0 Å². The highest BCUT2D eigenvalue weighted by molar-refractivity contribution is 7.90. The molecule has 3 fully saturated rings. The molecule has 1 N–H and O–H groups in total. The van der Waals surface area contributed by atoms with Crippen molar-refractivity contribution >= 4 is 44.4 Å². The third kappa shape index (κ3) is 5.84. The van der Waals surface area contributed by atoms with Gasteiger partial charge in [-0.25, -0.2) is 13.1 Å². The fourth-order valence-electron chi connectivity index (χ4n) is 9.06. The lowest BCUT2D eigenvalue weighted by Gasteiger charge is -2.38. The van der Waals surface area contributed by atoms with Gasteiger partial charge in [-0.2, -0.15) is 5.10 Å². The molecule has 5 heterocycles. The number of sulfonamides is 1. The molecule has 2 amide bonds. The van der Waals surface area contributed by atoms with Gasteiger partial charge in [-0.3, -0.25) is 19.2 Å². The van der Waals surface area contributed by atoms with Crippen LogP contribution in [0.1, 0.15) is 102 Å². The average Bonchev–Trinajstić information content (AvgIpc) is 3.67. The quantitative estimate of drug-likeness (QED) is 0.247. The normalized spacial score (nSPS) is 20.8. The van der Waals surface area contributed by atoms with Gasteiger partial charge < -0.3 is 14.2 Å². The molecule has 12 heteroatoms. The topological polar surface area (TPSA) is 119 Å². The summed E-state index contributed by atoms with van der Waals surface area (Å²) in [6.45, 7) is 4.92. The Hall–Kier alpha value is -4.42. The minimum absolute atomic E-state index is 0.00471. The Balaban J connectivity index is 1.31. The number of piperazine rings is 1. The standard InChI is InChI=1S/C40H48N6O5S/c1-24(2)52(49,50)42-39(47)26-11-15-33-35(19-26)46-21-28(37-34(20-41-44(37)4)40(48)45-22-29-12-13-30(23-45)43(29)3)17-27-18-31(51-5)14-16-32(27)38(46)36(33)25-9-7-6-8-10-25/h11,14-20,24-25,29-30H,6-10,12-13,21-23H2,1-5H3,(H,42,47)/t29-,30?/m1/s1. The molecule has 2 aromatic heterocycles. The number of hydrogen-bond donors (Lipinski definition) is 1. The van der Waals surface area contributed by atoms with E-state index in [1.165, 1.54) is 12.0 Å². The Morgan fingerprint density at radius 3 is 2.37 bits per heavy atom. The second-order valence-corrected chi connectivity index (χ2v) is 17.6. The van der Waals surface area contributed by atoms with Gasteiger partial charge in [0.05, 0.1) is 42.1 Å². The maximum absolute atomic E-state index is 14.4. The number of hydrogen-bond acceptors (Lipinski definition) is 7. The first kappa shape index (κ1) is 34.7. The number of aryl methyl sites for hydroxylation is 1. The number of carbonyl (C=O) groups excluding carboxylic acids is 2. The third-order valence-electron chi connectivity index (χ3n) is 12.0. The Bertz CT molecular complexity index is 2210. The maximum atomic E-state index is 14.4. The lowest BCUT2D eigenvalue weighted by molar-refractivity contribution is 0.0523. The van der Waals surface area contributed by atoms with Gasteiger partial charge in [0.25, 0.3) is 11.8 Å². The largest absolute Gasteiger partial charge is 0.497 e. The number of likely N-dealkylation sites (tertiary alicyclic amines) is 1. The monoisotopic (exact) mass is 724 g/mol. The van der Waals surface area contributed by atoms with Gasteiger partial charge >= 0.3 is 0 Å². The molecular formula is C40H48N6O5S. The summed E-state index contributed by atoms with van der Waals surface area (Å²) in [6.07, 6.45) is 11.7. The maximum Gasteiger partial charge on any atom is 0.264 e. The fourth-order valence-corrected chi connectivity index (χ4v) is 9.67. The second kappa shape index (κ2) is 13.2. The van der Waals surface area contributed by atoms with Gasteiger partial charge in [0.15, 0.2) is 0 Å². The van der Waals surface area contributed by atoms with E-state index in [1.54, 1.807) is 37.9 Å². The molecule has 3 aliphatic heterocycles. The van der Waals surface area contributed by atoms with Crippen LogP contribution in [-0.4, -0.2) is 89.0 Å². The van der Waals surface area contributed by atoms with Crippen molar-refractivity contribution in [2.45, 2.75) is 88.6 Å². The number of benzene rings is 2. The number of nitrogens with one attached hydrogen (secondary N) is 1. The summed E-state index contributed by atoms with van der Waals surface area (Å²) in [5.74, 6) is 0.402. The van der Waals surface area contributed by atoms with Gasteiger partial charge in [0, 0.05) is 54.3 Å². The van der Waals surface area contributed by atoms with Crippen molar-refractivity contribution in [3.8, 4) is 17.0 Å². The van der Waals surface area contributed by atoms with Crippen LogP contribution in [0.4, 0.5) is 0 Å². The van der Waals surface area contributed by atoms with E-state index < -0.39 is 21.2 Å². The Morgan fingerprint density at radius 2 is 1.67 bits per heavy atom. The molecule has 8 rings (SSSR count). The van der Waals surface area contributed by atoms with Crippen LogP contribution in [0.25, 0.3) is 33.8 Å². The van der Waals surface area contributed by atoms with Crippen LogP contribution in [0.15, 0.2) is 42.6 Å². The number of carbonyl (C=O) groups is 2. The molecule has 1 aliphatic carbocycles. The summed E-state index contributed by atoms with van der Waals surface area (Å²) in [5.41, 5.74) is 7.75. The van der Waals surface area contributed by atoms with Gasteiger partial charge in [-0.15, -0.1) is 0 Å². The van der Waals surface area contributed by atoms with E-state index in [0.29, 0.717) is 43.2 Å². The van der Waals surface area contributed by atoms with Crippen LogP contribution < -0.4 is 9.46 Å². The minimum Gasteiger partial charge on any atom is -0.497 e. The summed E-state index contributed by atoms with van der Waals surface area (Å²) in [5, 5.41) is 4.96. The Labute approximate surface area is 305 Å². The van der Waals surface area contributed by atoms with Gasteiger partial charge in [-0.1, -0.05) is 25.3 Å². The molecule has 1 unspecified atom stereocenters. The number of amides is 2. The van der Waals surface area contributed by atoms with Crippen molar-refractivity contribution in [3.05, 3.63) is 70.5 Å². The molecule has 0 spiro atoms. The van der Waals surface area contributed by atoms with E-state index in [1.807, 2.05) is 30.1 Å². The molecule has 4 aromatic rings. The molecule has 274 valence electrons. The molecule has 0 radical (unpaired) electrons. The van der Waals surface area contributed by atoms with E-state index in [0.717, 1.165) is 83.3 Å². The van der Waals surface area contributed by atoms with Crippen molar-refractivity contribution in [2.24, 2.45) is 7.05 Å². The zero-order valence-electron chi connectivity index (χ0n) is 30.7. The van der Waals surface area contributed by atoms with Gasteiger partial charge in [0.2, 0.25) is 10.0 Å². The Morgan fingerprint density at radius 1 is 0.942 bits per heavy atom. The van der Waals surface area contributed by atoms with Crippen molar-refractivity contribution in [1.82, 2.24) is 28.9 Å². The SMILES string of the molecule is COc1ccc2c(c1)C=C(c1c(C(=O)N3CC4CC[C@H](C3)N4C)cnn1C)Cn1c-2c(C2CCCCC2)c2ccc(C(=O)NS(=O)(=O)C(C)C)cc21. The summed E-state index contributed by atoms with van der Waals surface area (Å²) in [6, 6.07) is 12.5. The molecule has 1 saturated carbocycles. The zero-order chi connectivity index (χ0) is 36.5. The number of rotatable bonds is 7. The molecule has 11 nitrogen and oxygen atoms in total. The van der Waals surface area contributed by atoms with E-state index in [2.05, 4.69) is 44.5 Å². The molecule has 2 atom stereocenters. The zero-order valence-corrected chi connectivity index (χ0v) is 31.5. The molecule has 52 heavy (non-hydrogen) atoms. The number of fused-ring (bicyclic) bond motifs is 7. The van der Waals surface area contributed by atoms with Crippen molar-refractivity contribution in [1.29, 1.82) is 0 Å². The lowest BCUT2D eigenvalue weighted by atomic mass is 9.81. The number of aromatic nitrogens is 3. The number of methoxy groups -OCH3 is 1.